The molecule has 2 heteroatoms. The van der Waals surface area contributed by atoms with Gasteiger partial charge in [-0.15, -0.1) is 0 Å². The largest absolute Gasteiger partial charge is 0.456 e. The normalized spacial score (nSPS) is 12.4. The van der Waals surface area contributed by atoms with Gasteiger partial charge in [-0.1, -0.05) is 49.1 Å². The summed E-state index contributed by atoms with van der Waals surface area (Å²) in [5.41, 5.74) is 2.46. The molecule has 2 rings (SSSR count). The van der Waals surface area contributed by atoms with E-state index in [0.29, 0.717) is 5.76 Å². The van der Waals surface area contributed by atoms with Crippen LogP contribution in [0.3, 0.4) is 0 Å². The molecule has 0 atom stereocenters. The molecule has 0 fully saturated rings. The maximum absolute atomic E-state index is 9.54. The number of aliphatic hydroxyl groups excluding tert-OH is 1. The minimum atomic E-state index is -0.0482. The monoisotopic (exact) mass is 240 g/mol. The van der Waals surface area contributed by atoms with E-state index in [1.54, 1.807) is 6.08 Å². The topological polar surface area (TPSA) is 33.4 Å². The molecule has 1 N–H and O–H groups in total. The van der Waals surface area contributed by atoms with E-state index in [4.69, 9.17) is 4.42 Å². The quantitative estimate of drug-likeness (QED) is 0.817. The van der Waals surface area contributed by atoms with Crippen LogP contribution >= 0.6 is 0 Å². The number of aliphatic hydroxyl groups is 1. The number of hydrogen-bond donors (Lipinski definition) is 1. The van der Waals surface area contributed by atoms with Crippen LogP contribution < -0.4 is 0 Å². The van der Waals surface area contributed by atoms with Crippen molar-refractivity contribution in [3.63, 3.8) is 0 Å². The summed E-state index contributed by atoms with van der Waals surface area (Å²) in [6.07, 6.45) is 7.51. The summed E-state index contributed by atoms with van der Waals surface area (Å²) in [6.45, 7) is 5.69. The summed E-state index contributed by atoms with van der Waals surface area (Å²) in [7, 11) is 0. The number of furan rings is 1. The molecular formula is C16H16O2. The Morgan fingerprint density at radius 2 is 2.17 bits per heavy atom. The Balaban J connectivity index is 2.66. The van der Waals surface area contributed by atoms with Gasteiger partial charge >= 0.3 is 0 Å². The second-order valence-electron chi connectivity index (χ2n) is 3.92. The van der Waals surface area contributed by atoms with Crippen LogP contribution in [0.15, 0.2) is 59.6 Å². The summed E-state index contributed by atoms with van der Waals surface area (Å²) in [6, 6.07) is 7.70. The van der Waals surface area contributed by atoms with Crippen molar-refractivity contribution in [3.8, 4) is 0 Å². The van der Waals surface area contributed by atoms with Crippen molar-refractivity contribution in [2.24, 2.45) is 0 Å². The summed E-state index contributed by atoms with van der Waals surface area (Å²) in [5, 5.41) is 10.5. The highest BCUT2D eigenvalue weighted by atomic mass is 16.3. The Morgan fingerprint density at radius 1 is 1.39 bits per heavy atom. The molecule has 0 bridgehead atoms. The fourth-order valence-corrected chi connectivity index (χ4v) is 1.93. The van der Waals surface area contributed by atoms with Gasteiger partial charge in [0.25, 0.3) is 0 Å². The van der Waals surface area contributed by atoms with Gasteiger partial charge in [0.2, 0.25) is 0 Å². The van der Waals surface area contributed by atoms with Crippen molar-refractivity contribution >= 4 is 16.5 Å². The average Bonchev–Trinajstić information content (AvgIpc) is 2.78. The average molecular weight is 240 g/mol. The molecule has 1 aromatic carbocycles. The molecule has 1 aromatic heterocycles. The van der Waals surface area contributed by atoms with E-state index < -0.39 is 0 Å². The van der Waals surface area contributed by atoms with Gasteiger partial charge in [-0.3, -0.25) is 0 Å². The Labute approximate surface area is 107 Å². The van der Waals surface area contributed by atoms with E-state index in [9.17, 15) is 5.11 Å². The SMILES string of the molecule is C=C/C(=C\C=C/C)c1oc2ccccc2c1CO. The lowest BCUT2D eigenvalue weighted by Gasteiger charge is -1.99. The lowest BCUT2D eigenvalue weighted by molar-refractivity contribution is 0.281. The molecule has 18 heavy (non-hydrogen) atoms. The first kappa shape index (κ1) is 12.4. The summed E-state index contributed by atoms with van der Waals surface area (Å²) in [5.74, 6) is 0.687. The van der Waals surface area contributed by atoms with E-state index >= 15 is 0 Å². The Morgan fingerprint density at radius 3 is 2.83 bits per heavy atom. The van der Waals surface area contributed by atoms with Crippen LogP contribution in [0.25, 0.3) is 16.5 Å². The minimum Gasteiger partial charge on any atom is -0.456 e. The molecule has 0 spiro atoms. The smallest absolute Gasteiger partial charge is 0.140 e. The minimum absolute atomic E-state index is 0.0482. The van der Waals surface area contributed by atoms with Crippen LogP contribution in [-0.4, -0.2) is 5.11 Å². The highest BCUT2D eigenvalue weighted by Crippen LogP contribution is 2.31. The lowest BCUT2D eigenvalue weighted by Crippen LogP contribution is -1.87. The first-order valence-electron chi connectivity index (χ1n) is 5.88. The standard InChI is InChI=1S/C16H16O2/c1-3-5-8-12(4-2)16-14(11-17)13-9-6-7-10-15(13)18-16/h3-10,17H,2,11H2,1H3/b5-3-,12-8+. The number of fused-ring (bicyclic) bond motifs is 1. The molecule has 1 heterocycles. The van der Waals surface area contributed by atoms with E-state index in [0.717, 1.165) is 22.1 Å². The number of allylic oxidation sites excluding steroid dienone is 5. The molecule has 0 amide bonds. The Hall–Kier alpha value is -2.06. The van der Waals surface area contributed by atoms with Gasteiger partial charge in [0.15, 0.2) is 0 Å². The molecule has 0 aliphatic carbocycles. The van der Waals surface area contributed by atoms with Crippen LogP contribution in [0.1, 0.15) is 18.2 Å². The van der Waals surface area contributed by atoms with Gasteiger partial charge in [0, 0.05) is 16.5 Å². The van der Waals surface area contributed by atoms with Gasteiger partial charge in [0.05, 0.1) is 6.61 Å². The van der Waals surface area contributed by atoms with Crippen LogP contribution in [0.2, 0.25) is 0 Å². The summed E-state index contributed by atoms with van der Waals surface area (Å²) in [4.78, 5) is 0. The zero-order valence-corrected chi connectivity index (χ0v) is 10.4. The number of hydrogen-bond acceptors (Lipinski definition) is 2. The molecule has 0 unspecified atom stereocenters. The van der Waals surface area contributed by atoms with E-state index in [1.165, 1.54) is 0 Å². The highest BCUT2D eigenvalue weighted by molar-refractivity contribution is 5.88. The maximum atomic E-state index is 9.54. The Bertz CT molecular complexity index is 615. The van der Waals surface area contributed by atoms with Crippen LogP contribution in [0.5, 0.6) is 0 Å². The van der Waals surface area contributed by atoms with Gasteiger partial charge < -0.3 is 9.52 Å². The van der Waals surface area contributed by atoms with Crippen molar-refractivity contribution in [2.75, 3.05) is 0 Å². The number of benzene rings is 1. The van der Waals surface area contributed by atoms with Crippen molar-refractivity contribution < 1.29 is 9.52 Å². The maximum Gasteiger partial charge on any atom is 0.140 e. The van der Waals surface area contributed by atoms with Crippen LogP contribution in [-0.2, 0) is 6.61 Å². The number of rotatable bonds is 4. The molecule has 0 radical (unpaired) electrons. The van der Waals surface area contributed by atoms with Gasteiger partial charge in [0.1, 0.15) is 11.3 Å². The third kappa shape index (κ3) is 2.15. The molecular weight excluding hydrogens is 224 g/mol. The van der Waals surface area contributed by atoms with E-state index in [2.05, 4.69) is 6.58 Å². The summed E-state index contributed by atoms with van der Waals surface area (Å²) >= 11 is 0. The first-order valence-corrected chi connectivity index (χ1v) is 5.88. The third-order valence-electron chi connectivity index (χ3n) is 2.81. The molecule has 92 valence electrons. The third-order valence-corrected chi connectivity index (χ3v) is 2.81. The molecule has 0 saturated heterocycles. The molecule has 0 aliphatic rings. The van der Waals surface area contributed by atoms with Crippen molar-refractivity contribution in [3.05, 3.63) is 66.5 Å². The predicted octanol–water partition coefficient (Wildman–Crippen LogP) is 4.07. The second kappa shape index (κ2) is 5.52. The van der Waals surface area contributed by atoms with Gasteiger partial charge in [-0.2, -0.15) is 0 Å². The lowest BCUT2D eigenvalue weighted by atomic mass is 10.1. The zero-order valence-electron chi connectivity index (χ0n) is 10.4. The van der Waals surface area contributed by atoms with E-state index in [1.807, 2.05) is 49.4 Å². The zero-order chi connectivity index (χ0) is 13.0. The number of para-hydroxylation sites is 1. The van der Waals surface area contributed by atoms with Crippen molar-refractivity contribution in [1.29, 1.82) is 0 Å². The van der Waals surface area contributed by atoms with Crippen LogP contribution in [0.4, 0.5) is 0 Å². The van der Waals surface area contributed by atoms with Crippen LogP contribution in [0, 0.1) is 0 Å². The predicted molar refractivity (Wildman–Crippen MR) is 75.1 cm³/mol. The second-order valence-corrected chi connectivity index (χ2v) is 3.92. The molecule has 0 saturated carbocycles. The van der Waals surface area contributed by atoms with Gasteiger partial charge in [-0.25, -0.2) is 0 Å². The molecule has 2 aromatic rings. The molecule has 2 nitrogen and oxygen atoms in total. The summed E-state index contributed by atoms with van der Waals surface area (Å²) < 4.78 is 5.81. The first-order chi connectivity index (χ1) is 8.81. The Kier molecular flexibility index (Phi) is 3.80. The van der Waals surface area contributed by atoms with E-state index in [-0.39, 0.29) is 6.61 Å². The van der Waals surface area contributed by atoms with Crippen molar-refractivity contribution in [1.82, 2.24) is 0 Å². The van der Waals surface area contributed by atoms with Crippen molar-refractivity contribution in [2.45, 2.75) is 13.5 Å². The fraction of sp³-hybridized carbons (Fsp3) is 0.125. The molecule has 0 aliphatic heterocycles. The fourth-order valence-electron chi connectivity index (χ4n) is 1.93. The highest BCUT2D eigenvalue weighted by Gasteiger charge is 2.14. The van der Waals surface area contributed by atoms with Gasteiger partial charge in [-0.05, 0) is 13.0 Å².